The Labute approximate surface area is 131 Å². The standard InChI is InChI=1S/C17H12FNO2S/c18-14-7-5-12(6-8-14)17-19-15(11-22-17)10-21-16-4-2-1-3-13(16)9-20/h1-9,11H,10H2. The number of nitrogens with zero attached hydrogens (tertiary/aromatic N) is 1. The molecule has 0 saturated carbocycles. The van der Waals surface area contributed by atoms with Crippen LogP contribution in [0.25, 0.3) is 10.6 Å². The molecular weight excluding hydrogens is 301 g/mol. The van der Waals surface area contributed by atoms with E-state index in [0.29, 0.717) is 11.3 Å². The molecule has 0 aliphatic rings. The summed E-state index contributed by atoms with van der Waals surface area (Å²) in [7, 11) is 0. The van der Waals surface area contributed by atoms with E-state index in [1.54, 1.807) is 30.3 Å². The Kier molecular flexibility index (Phi) is 4.25. The highest BCUT2D eigenvalue weighted by Crippen LogP contribution is 2.25. The van der Waals surface area contributed by atoms with Crippen LogP contribution in [-0.4, -0.2) is 11.3 Å². The van der Waals surface area contributed by atoms with Crippen LogP contribution in [0.2, 0.25) is 0 Å². The van der Waals surface area contributed by atoms with E-state index < -0.39 is 0 Å². The van der Waals surface area contributed by atoms with Gasteiger partial charge in [-0.1, -0.05) is 12.1 Å². The number of rotatable bonds is 5. The molecule has 0 saturated heterocycles. The summed E-state index contributed by atoms with van der Waals surface area (Å²) in [4.78, 5) is 15.4. The van der Waals surface area contributed by atoms with E-state index in [1.807, 2.05) is 11.4 Å². The first kappa shape index (κ1) is 14.4. The van der Waals surface area contributed by atoms with Crippen LogP contribution in [-0.2, 0) is 6.61 Å². The van der Waals surface area contributed by atoms with Gasteiger partial charge in [0, 0.05) is 10.9 Å². The average molecular weight is 313 g/mol. The zero-order valence-electron chi connectivity index (χ0n) is 11.5. The summed E-state index contributed by atoms with van der Waals surface area (Å²) in [5.41, 5.74) is 2.15. The lowest BCUT2D eigenvalue weighted by Gasteiger charge is -2.06. The average Bonchev–Trinajstić information content (AvgIpc) is 3.03. The Morgan fingerprint density at radius 2 is 1.91 bits per heavy atom. The Hall–Kier alpha value is -2.53. The first-order valence-electron chi connectivity index (χ1n) is 6.63. The number of ether oxygens (including phenoxy) is 1. The van der Waals surface area contributed by atoms with Gasteiger partial charge in [0.25, 0.3) is 0 Å². The summed E-state index contributed by atoms with van der Waals surface area (Å²) in [6, 6.07) is 13.3. The maximum Gasteiger partial charge on any atom is 0.153 e. The number of aromatic nitrogens is 1. The third-order valence-electron chi connectivity index (χ3n) is 3.06. The van der Waals surface area contributed by atoms with E-state index in [2.05, 4.69) is 4.98 Å². The molecule has 0 unspecified atom stereocenters. The van der Waals surface area contributed by atoms with Crippen molar-refractivity contribution in [1.29, 1.82) is 0 Å². The van der Waals surface area contributed by atoms with E-state index in [1.165, 1.54) is 23.5 Å². The van der Waals surface area contributed by atoms with Crippen LogP contribution in [0.15, 0.2) is 53.9 Å². The minimum atomic E-state index is -0.269. The lowest BCUT2D eigenvalue weighted by molar-refractivity contribution is 0.111. The van der Waals surface area contributed by atoms with E-state index in [4.69, 9.17) is 4.74 Å². The molecule has 0 spiro atoms. The van der Waals surface area contributed by atoms with Gasteiger partial charge in [-0.15, -0.1) is 11.3 Å². The highest BCUT2D eigenvalue weighted by Gasteiger charge is 2.07. The second-order valence-corrected chi connectivity index (χ2v) is 5.45. The number of halogens is 1. The highest BCUT2D eigenvalue weighted by molar-refractivity contribution is 7.13. The first-order valence-corrected chi connectivity index (χ1v) is 7.51. The molecule has 1 heterocycles. The second-order valence-electron chi connectivity index (χ2n) is 4.60. The largest absolute Gasteiger partial charge is 0.487 e. The van der Waals surface area contributed by atoms with Crippen LogP contribution in [0.3, 0.4) is 0 Å². The molecule has 0 N–H and O–H groups in total. The van der Waals surface area contributed by atoms with E-state index in [-0.39, 0.29) is 12.4 Å². The van der Waals surface area contributed by atoms with Crippen molar-refractivity contribution in [2.45, 2.75) is 6.61 Å². The molecule has 110 valence electrons. The van der Waals surface area contributed by atoms with Crippen molar-refractivity contribution in [3.63, 3.8) is 0 Å². The predicted octanol–water partition coefficient (Wildman–Crippen LogP) is 4.34. The van der Waals surface area contributed by atoms with E-state index in [0.717, 1.165) is 22.6 Å². The smallest absolute Gasteiger partial charge is 0.153 e. The van der Waals surface area contributed by atoms with Gasteiger partial charge in [0.15, 0.2) is 6.29 Å². The molecule has 0 radical (unpaired) electrons. The summed E-state index contributed by atoms with van der Waals surface area (Å²) < 4.78 is 18.6. The van der Waals surface area contributed by atoms with Crippen LogP contribution < -0.4 is 4.74 Å². The normalized spacial score (nSPS) is 10.4. The topological polar surface area (TPSA) is 39.2 Å². The Morgan fingerprint density at radius 1 is 1.14 bits per heavy atom. The van der Waals surface area contributed by atoms with Gasteiger partial charge < -0.3 is 4.74 Å². The molecule has 5 heteroatoms. The third kappa shape index (κ3) is 3.20. The third-order valence-corrected chi connectivity index (χ3v) is 4.00. The van der Waals surface area contributed by atoms with Crippen molar-refractivity contribution in [2.24, 2.45) is 0 Å². The summed E-state index contributed by atoms with van der Waals surface area (Å²) in [6.45, 7) is 0.280. The molecule has 0 aliphatic heterocycles. The van der Waals surface area contributed by atoms with Gasteiger partial charge in [0.05, 0.1) is 11.3 Å². The maximum absolute atomic E-state index is 12.9. The van der Waals surface area contributed by atoms with Gasteiger partial charge in [-0.2, -0.15) is 0 Å². The van der Waals surface area contributed by atoms with Gasteiger partial charge in [-0.3, -0.25) is 4.79 Å². The fourth-order valence-corrected chi connectivity index (χ4v) is 2.77. The minimum Gasteiger partial charge on any atom is -0.487 e. The van der Waals surface area contributed by atoms with E-state index >= 15 is 0 Å². The number of para-hydroxylation sites is 1. The molecular formula is C17H12FNO2S. The summed E-state index contributed by atoms with van der Waals surface area (Å²) >= 11 is 1.47. The van der Waals surface area contributed by atoms with Crippen LogP contribution in [0, 0.1) is 5.82 Å². The lowest BCUT2D eigenvalue weighted by Crippen LogP contribution is -1.98. The quantitative estimate of drug-likeness (QED) is 0.658. The fourth-order valence-electron chi connectivity index (χ4n) is 1.96. The molecule has 22 heavy (non-hydrogen) atoms. The van der Waals surface area contributed by atoms with Gasteiger partial charge in [-0.05, 0) is 36.4 Å². The lowest BCUT2D eigenvalue weighted by atomic mass is 10.2. The Bertz CT molecular complexity index is 783. The molecule has 2 aromatic carbocycles. The van der Waals surface area contributed by atoms with Crippen LogP contribution in [0.1, 0.15) is 16.1 Å². The second kappa shape index (κ2) is 6.49. The SMILES string of the molecule is O=Cc1ccccc1OCc1csc(-c2ccc(F)cc2)n1. The fraction of sp³-hybridized carbons (Fsp3) is 0.0588. The highest BCUT2D eigenvalue weighted by atomic mass is 32.1. The van der Waals surface area contributed by atoms with Crippen molar-refractivity contribution < 1.29 is 13.9 Å². The van der Waals surface area contributed by atoms with Crippen molar-refractivity contribution in [1.82, 2.24) is 4.98 Å². The van der Waals surface area contributed by atoms with Gasteiger partial charge >= 0.3 is 0 Å². The maximum atomic E-state index is 12.9. The summed E-state index contributed by atoms with van der Waals surface area (Å²) in [5.74, 6) is 0.267. The van der Waals surface area contributed by atoms with Gasteiger partial charge in [-0.25, -0.2) is 9.37 Å². The number of hydrogen-bond donors (Lipinski definition) is 0. The monoisotopic (exact) mass is 313 g/mol. The molecule has 0 bridgehead atoms. The number of carbonyl (C=O) groups excluding carboxylic acids is 1. The number of carbonyl (C=O) groups is 1. The molecule has 0 fully saturated rings. The van der Waals surface area contributed by atoms with E-state index in [9.17, 15) is 9.18 Å². The Balaban J connectivity index is 1.72. The number of hydrogen-bond acceptors (Lipinski definition) is 4. The predicted molar refractivity (Wildman–Crippen MR) is 83.7 cm³/mol. The molecule has 1 aromatic heterocycles. The molecule has 0 aliphatic carbocycles. The number of aldehydes is 1. The molecule has 0 amide bonds. The molecule has 0 atom stereocenters. The molecule has 3 aromatic rings. The van der Waals surface area contributed by atoms with Crippen molar-refractivity contribution in [3.8, 4) is 16.3 Å². The van der Waals surface area contributed by atoms with Crippen LogP contribution in [0.4, 0.5) is 4.39 Å². The zero-order valence-corrected chi connectivity index (χ0v) is 12.3. The zero-order chi connectivity index (χ0) is 15.4. The number of benzene rings is 2. The minimum absolute atomic E-state index is 0.269. The molecule has 3 nitrogen and oxygen atoms in total. The van der Waals surface area contributed by atoms with Crippen molar-refractivity contribution >= 4 is 17.6 Å². The first-order chi connectivity index (χ1) is 10.8. The van der Waals surface area contributed by atoms with Gasteiger partial charge in [0.1, 0.15) is 23.2 Å². The summed E-state index contributed by atoms with van der Waals surface area (Å²) in [5, 5.41) is 2.70. The van der Waals surface area contributed by atoms with Gasteiger partial charge in [0.2, 0.25) is 0 Å². The summed E-state index contributed by atoms with van der Waals surface area (Å²) in [6.07, 6.45) is 0.764. The van der Waals surface area contributed by atoms with Crippen LogP contribution >= 0.6 is 11.3 Å². The van der Waals surface area contributed by atoms with Crippen molar-refractivity contribution in [3.05, 3.63) is 71.0 Å². The molecule has 3 rings (SSSR count). The van der Waals surface area contributed by atoms with Crippen molar-refractivity contribution in [2.75, 3.05) is 0 Å². The van der Waals surface area contributed by atoms with Crippen LogP contribution in [0.5, 0.6) is 5.75 Å². The Morgan fingerprint density at radius 3 is 2.68 bits per heavy atom. The number of thiazole rings is 1.